The molecule has 1 fully saturated rings. The molecule has 1 aromatic carbocycles. The first-order valence-electron chi connectivity index (χ1n) is 6.68. The van der Waals surface area contributed by atoms with Crippen LogP contribution >= 0.6 is 0 Å². The fourth-order valence-corrected chi connectivity index (χ4v) is 2.42. The number of aliphatic hydroxyl groups excluding tert-OH is 1. The summed E-state index contributed by atoms with van der Waals surface area (Å²) in [6, 6.07) is 4.81. The summed E-state index contributed by atoms with van der Waals surface area (Å²) in [6.45, 7) is 2.73. The van der Waals surface area contributed by atoms with Gasteiger partial charge in [0.05, 0.1) is 19.3 Å². The summed E-state index contributed by atoms with van der Waals surface area (Å²) in [7, 11) is 0. The quantitative estimate of drug-likeness (QED) is 0.792. The van der Waals surface area contributed by atoms with Gasteiger partial charge in [0.2, 0.25) is 0 Å². The molecule has 0 aromatic heterocycles. The molecule has 19 heavy (non-hydrogen) atoms. The average Bonchev–Trinajstić information content (AvgIpc) is 2.42. The first-order chi connectivity index (χ1) is 9.20. The fourth-order valence-electron chi connectivity index (χ4n) is 2.42. The van der Waals surface area contributed by atoms with Crippen LogP contribution in [0.3, 0.4) is 0 Å². The Morgan fingerprint density at radius 3 is 2.74 bits per heavy atom. The van der Waals surface area contributed by atoms with Gasteiger partial charge in [0.25, 0.3) is 0 Å². The number of hydrogen-bond donors (Lipinski definition) is 2. The van der Waals surface area contributed by atoms with Gasteiger partial charge >= 0.3 is 0 Å². The summed E-state index contributed by atoms with van der Waals surface area (Å²) in [5.41, 5.74) is 6.91. The third-order valence-corrected chi connectivity index (χ3v) is 3.52. The molecule has 0 spiro atoms. The molecular formula is C14H21FN2O2. The molecule has 0 atom stereocenters. The van der Waals surface area contributed by atoms with Crippen LogP contribution in [0.1, 0.15) is 18.4 Å². The molecule has 1 aliphatic rings. The SMILES string of the molecule is Nc1cccc(F)c1CN1CCC(OCCO)CC1. The van der Waals surface area contributed by atoms with E-state index in [1.807, 2.05) is 0 Å². The number of nitrogens with two attached hydrogens (primary N) is 1. The molecular weight excluding hydrogens is 247 g/mol. The van der Waals surface area contributed by atoms with Crippen LogP contribution in [0, 0.1) is 5.82 Å². The van der Waals surface area contributed by atoms with E-state index in [1.165, 1.54) is 6.07 Å². The maximum Gasteiger partial charge on any atom is 0.129 e. The number of aliphatic hydroxyl groups is 1. The number of nitrogen functional groups attached to an aromatic ring is 1. The molecule has 0 saturated carbocycles. The van der Waals surface area contributed by atoms with Crippen molar-refractivity contribution in [2.45, 2.75) is 25.5 Å². The Hall–Kier alpha value is -1.17. The normalized spacial score (nSPS) is 17.8. The van der Waals surface area contributed by atoms with E-state index in [4.69, 9.17) is 15.6 Å². The maximum absolute atomic E-state index is 13.7. The minimum absolute atomic E-state index is 0.0615. The zero-order valence-corrected chi connectivity index (χ0v) is 11.0. The Labute approximate surface area is 113 Å². The predicted octanol–water partition coefficient (Wildman–Crippen LogP) is 1.38. The highest BCUT2D eigenvalue weighted by molar-refractivity contribution is 5.47. The summed E-state index contributed by atoms with van der Waals surface area (Å²) in [4.78, 5) is 2.19. The Morgan fingerprint density at radius 1 is 1.37 bits per heavy atom. The van der Waals surface area contributed by atoms with Crippen molar-refractivity contribution in [3.63, 3.8) is 0 Å². The Balaban J connectivity index is 1.85. The number of benzene rings is 1. The summed E-state index contributed by atoms with van der Waals surface area (Å²) in [6.07, 6.45) is 2.03. The smallest absolute Gasteiger partial charge is 0.129 e. The van der Waals surface area contributed by atoms with E-state index in [1.54, 1.807) is 12.1 Å². The molecule has 4 nitrogen and oxygen atoms in total. The molecule has 1 aliphatic heterocycles. The van der Waals surface area contributed by atoms with Crippen molar-refractivity contribution in [2.24, 2.45) is 0 Å². The van der Waals surface area contributed by atoms with E-state index in [-0.39, 0.29) is 18.5 Å². The second-order valence-corrected chi connectivity index (χ2v) is 4.88. The van der Waals surface area contributed by atoms with Crippen molar-refractivity contribution in [1.82, 2.24) is 4.90 Å². The molecule has 0 bridgehead atoms. The van der Waals surface area contributed by atoms with Gasteiger partial charge in [-0.05, 0) is 25.0 Å². The summed E-state index contributed by atoms with van der Waals surface area (Å²) >= 11 is 0. The Morgan fingerprint density at radius 2 is 2.11 bits per heavy atom. The zero-order valence-electron chi connectivity index (χ0n) is 11.0. The van der Waals surface area contributed by atoms with Crippen LogP contribution in [0.2, 0.25) is 0 Å². The van der Waals surface area contributed by atoms with Crippen molar-refractivity contribution < 1.29 is 14.2 Å². The number of halogens is 1. The summed E-state index contributed by atoms with van der Waals surface area (Å²) in [5.74, 6) is -0.237. The molecule has 0 unspecified atom stereocenters. The van der Waals surface area contributed by atoms with E-state index in [2.05, 4.69) is 4.90 Å². The van der Waals surface area contributed by atoms with Crippen LogP contribution in [-0.2, 0) is 11.3 Å². The maximum atomic E-state index is 13.7. The van der Waals surface area contributed by atoms with Crippen LogP contribution in [0.15, 0.2) is 18.2 Å². The molecule has 3 N–H and O–H groups in total. The lowest BCUT2D eigenvalue weighted by atomic mass is 10.1. The number of likely N-dealkylation sites (tertiary alicyclic amines) is 1. The average molecular weight is 268 g/mol. The van der Waals surface area contributed by atoms with Crippen LogP contribution in [0.4, 0.5) is 10.1 Å². The van der Waals surface area contributed by atoms with E-state index in [0.717, 1.165) is 25.9 Å². The van der Waals surface area contributed by atoms with Crippen LogP contribution in [0.5, 0.6) is 0 Å². The Bertz CT molecular complexity index is 386. The van der Waals surface area contributed by atoms with Crippen molar-refractivity contribution in [2.75, 3.05) is 32.0 Å². The second-order valence-electron chi connectivity index (χ2n) is 4.88. The van der Waals surface area contributed by atoms with Gasteiger partial charge < -0.3 is 15.6 Å². The highest BCUT2D eigenvalue weighted by Gasteiger charge is 2.21. The lowest BCUT2D eigenvalue weighted by molar-refractivity contribution is -0.00911. The van der Waals surface area contributed by atoms with Gasteiger partial charge in [-0.2, -0.15) is 0 Å². The lowest BCUT2D eigenvalue weighted by Crippen LogP contribution is -2.37. The molecule has 0 aliphatic carbocycles. The monoisotopic (exact) mass is 268 g/mol. The van der Waals surface area contributed by atoms with Gasteiger partial charge in [0, 0.05) is 30.9 Å². The summed E-state index contributed by atoms with van der Waals surface area (Å²) in [5, 5.41) is 8.71. The van der Waals surface area contributed by atoms with E-state index in [9.17, 15) is 4.39 Å². The van der Waals surface area contributed by atoms with E-state index >= 15 is 0 Å². The molecule has 1 aromatic rings. The summed E-state index contributed by atoms with van der Waals surface area (Å²) < 4.78 is 19.2. The highest BCUT2D eigenvalue weighted by Crippen LogP contribution is 2.21. The number of rotatable bonds is 5. The Kier molecular flexibility index (Phi) is 5.13. The molecule has 1 saturated heterocycles. The predicted molar refractivity (Wildman–Crippen MR) is 72.1 cm³/mol. The number of anilines is 1. The molecule has 0 radical (unpaired) electrons. The lowest BCUT2D eigenvalue weighted by Gasteiger charge is -2.32. The van der Waals surface area contributed by atoms with Crippen LogP contribution < -0.4 is 5.73 Å². The number of ether oxygens (including phenoxy) is 1. The van der Waals surface area contributed by atoms with Crippen molar-refractivity contribution in [3.05, 3.63) is 29.6 Å². The van der Waals surface area contributed by atoms with Gasteiger partial charge in [-0.15, -0.1) is 0 Å². The molecule has 0 amide bonds. The topological polar surface area (TPSA) is 58.7 Å². The fraction of sp³-hybridized carbons (Fsp3) is 0.571. The minimum atomic E-state index is -0.237. The van der Waals surface area contributed by atoms with E-state index in [0.29, 0.717) is 24.4 Å². The molecule has 106 valence electrons. The largest absolute Gasteiger partial charge is 0.398 e. The van der Waals surface area contributed by atoms with Crippen molar-refractivity contribution >= 4 is 5.69 Å². The van der Waals surface area contributed by atoms with Gasteiger partial charge in [0.1, 0.15) is 5.82 Å². The number of hydrogen-bond acceptors (Lipinski definition) is 4. The van der Waals surface area contributed by atoms with Gasteiger partial charge in [0.15, 0.2) is 0 Å². The standard InChI is InChI=1S/C14H21FN2O2/c15-13-2-1-3-14(16)12(13)10-17-6-4-11(5-7-17)19-9-8-18/h1-3,11,18H,4-10,16H2. The molecule has 5 heteroatoms. The van der Waals surface area contributed by atoms with Crippen molar-refractivity contribution in [3.8, 4) is 0 Å². The molecule has 1 heterocycles. The number of nitrogens with zero attached hydrogens (tertiary/aromatic N) is 1. The first kappa shape index (κ1) is 14.2. The zero-order chi connectivity index (χ0) is 13.7. The number of piperidine rings is 1. The highest BCUT2D eigenvalue weighted by atomic mass is 19.1. The third kappa shape index (κ3) is 3.89. The first-order valence-corrected chi connectivity index (χ1v) is 6.68. The van der Waals surface area contributed by atoms with Gasteiger partial charge in [-0.25, -0.2) is 4.39 Å². The second kappa shape index (κ2) is 6.84. The minimum Gasteiger partial charge on any atom is -0.398 e. The van der Waals surface area contributed by atoms with Gasteiger partial charge in [-0.1, -0.05) is 6.07 Å². The van der Waals surface area contributed by atoms with Crippen molar-refractivity contribution in [1.29, 1.82) is 0 Å². The van der Waals surface area contributed by atoms with Gasteiger partial charge in [-0.3, -0.25) is 4.90 Å². The van der Waals surface area contributed by atoms with E-state index < -0.39 is 0 Å². The van der Waals surface area contributed by atoms with Crippen LogP contribution in [-0.4, -0.2) is 42.4 Å². The molecule has 2 rings (SSSR count). The third-order valence-electron chi connectivity index (χ3n) is 3.52. The van der Waals surface area contributed by atoms with Crippen LogP contribution in [0.25, 0.3) is 0 Å².